The summed E-state index contributed by atoms with van der Waals surface area (Å²) in [5.41, 5.74) is 1.48. The first kappa shape index (κ1) is 12.7. The molecule has 2 fully saturated rings. The average Bonchev–Trinajstić information content (AvgIpc) is 2.87. The molecule has 2 heteroatoms. The van der Waals surface area contributed by atoms with Crippen LogP contribution in [-0.4, -0.2) is 25.8 Å². The van der Waals surface area contributed by atoms with E-state index in [1.807, 2.05) is 0 Å². The normalized spacial score (nSPS) is 27.9. The maximum absolute atomic E-state index is 5.53. The van der Waals surface area contributed by atoms with Crippen LogP contribution in [0.15, 0.2) is 11.6 Å². The third-order valence-electron chi connectivity index (χ3n) is 5.11. The maximum atomic E-state index is 5.53. The van der Waals surface area contributed by atoms with Crippen LogP contribution >= 0.6 is 0 Å². The zero-order valence-corrected chi connectivity index (χ0v) is 11.5. The topological polar surface area (TPSA) is 21.3 Å². The highest BCUT2D eigenvalue weighted by molar-refractivity contribution is 5.07. The Kier molecular flexibility index (Phi) is 4.37. The Morgan fingerprint density at radius 2 is 1.83 bits per heavy atom. The van der Waals surface area contributed by atoms with Crippen LogP contribution in [0, 0.1) is 11.8 Å². The van der Waals surface area contributed by atoms with Gasteiger partial charge in [0.25, 0.3) is 0 Å². The highest BCUT2D eigenvalue weighted by Crippen LogP contribution is 2.38. The Hall–Kier alpha value is -0.340. The van der Waals surface area contributed by atoms with Crippen molar-refractivity contribution in [1.82, 2.24) is 5.32 Å². The molecular formula is C16H27NO. The Bertz CT molecular complexity index is 289. The van der Waals surface area contributed by atoms with Crippen molar-refractivity contribution in [2.75, 3.05) is 19.8 Å². The number of nitrogens with one attached hydrogen (secondary N) is 1. The minimum Gasteiger partial charge on any atom is -0.377 e. The summed E-state index contributed by atoms with van der Waals surface area (Å²) in [7, 11) is 0. The van der Waals surface area contributed by atoms with Crippen molar-refractivity contribution >= 4 is 0 Å². The smallest absolute Gasteiger partial charge is 0.0689 e. The molecule has 2 saturated carbocycles. The maximum Gasteiger partial charge on any atom is 0.0689 e. The molecule has 2 aliphatic carbocycles. The van der Waals surface area contributed by atoms with Crippen LogP contribution in [0.3, 0.4) is 0 Å². The summed E-state index contributed by atoms with van der Waals surface area (Å²) in [5.74, 6) is 1.93. The molecule has 102 valence electrons. The number of hydrogen-bond acceptors (Lipinski definition) is 2. The molecule has 0 spiro atoms. The van der Waals surface area contributed by atoms with Crippen LogP contribution in [0.25, 0.3) is 0 Å². The second-order valence-corrected chi connectivity index (χ2v) is 6.35. The van der Waals surface area contributed by atoms with Gasteiger partial charge in [-0.1, -0.05) is 25.3 Å². The molecule has 1 aliphatic heterocycles. The summed E-state index contributed by atoms with van der Waals surface area (Å²) in [6.07, 6.45) is 13.7. The first-order chi connectivity index (χ1) is 8.93. The lowest BCUT2D eigenvalue weighted by atomic mass is 9.74. The molecule has 1 unspecified atom stereocenters. The number of hydrogen-bond donors (Lipinski definition) is 1. The third kappa shape index (κ3) is 2.97. The van der Waals surface area contributed by atoms with Gasteiger partial charge >= 0.3 is 0 Å². The average molecular weight is 249 g/mol. The van der Waals surface area contributed by atoms with Crippen LogP contribution in [0.1, 0.15) is 51.4 Å². The van der Waals surface area contributed by atoms with Gasteiger partial charge in [-0.15, -0.1) is 0 Å². The lowest BCUT2D eigenvalue weighted by molar-refractivity contribution is 0.143. The molecule has 3 rings (SSSR count). The molecule has 1 atom stereocenters. The van der Waals surface area contributed by atoms with Gasteiger partial charge in [0.1, 0.15) is 0 Å². The molecule has 1 heterocycles. The van der Waals surface area contributed by atoms with Crippen LogP contribution in [-0.2, 0) is 4.74 Å². The molecule has 0 amide bonds. The monoisotopic (exact) mass is 249 g/mol. The zero-order chi connectivity index (χ0) is 12.2. The van der Waals surface area contributed by atoms with Crippen LogP contribution in [0.5, 0.6) is 0 Å². The molecule has 3 aliphatic rings. The summed E-state index contributed by atoms with van der Waals surface area (Å²) in [5, 5.41) is 3.89. The largest absolute Gasteiger partial charge is 0.377 e. The second kappa shape index (κ2) is 6.21. The zero-order valence-electron chi connectivity index (χ0n) is 11.5. The molecular weight excluding hydrogens is 222 g/mol. The van der Waals surface area contributed by atoms with Gasteiger partial charge in [0, 0.05) is 12.6 Å². The van der Waals surface area contributed by atoms with E-state index in [4.69, 9.17) is 4.74 Å². The van der Waals surface area contributed by atoms with Crippen molar-refractivity contribution in [3.05, 3.63) is 11.6 Å². The lowest BCUT2D eigenvalue weighted by Gasteiger charge is -2.38. The van der Waals surface area contributed by atoms with Crippen LogP contribution in [0.4, 0.5) is 0 Å². The predicted octanol–water partition coefficient (Wildman–Crippen LogP) is 3.28. The molecule has 0 aromatic rings. The standard InChI is InChI=1S/C16H27NO/c1-2-7-14(6-1)16(15-8-3-9-15)17-11-13-5-4-10-18-12-13/h5,14-17H,1-4,6-12H2. The van der Waals surface area contributed by atoms with Crippen molar-refractivity contribution in [1.29, 1.82) is 0 Å². The lowest BCUT2D eigenvalue weighted by Crippen LogP contribution is -2.45. The van der Waals surface area contributed by atoms with Crippen molar-refractivity contribution < 1.29 is 4.74 Å². The first-order valence-corrected chi connectivity index (χ1v) is 7.92. The van der Waals surface area contributed by atoms with E-state index in [0.29, 0.717) is 0 Å². The Labute approximate surface area is 111 Å². The van der Waals surface area contributed by atoms with Crippen molar-refractivity contribution in [3.63, 3.8) is 0 Å². The summed E-state index contributed by atoms with van der Waals surface area (Å²) < 4.78 is 5.53. The summed E-state index contributed by atoms with van der Waals surface area (Å²) >= 11 is 0. The fourth-order valence-corrected chi connectivity index (χ4v) is 3.81. The van der Waals surface area contributed by atoms with Gasteiger partial charge in [-0.3, -0.25) is 0 Å². The molecule has 2 nitrogen and oxygen atoms in total. The predicted molar refractivity (Wildman–Crippen MR) is 74.6 cm³/mol. The highest BCUT2D eigenvalue weighted by atomic mass is 16.5. The minimum atomic E-state index is 0.795. The van der Waals surface area contributed by atoms with Gasteiger partial charge < -0.3 is 10.1 Å². The van der Waals surface area contributed by atoms with E-state index < -0.39 is 0 Å². The Morgan fingerprint density at radius 1 is 1.11 bits per heavy atom. The number of rotatable bonds is 5. The van der Waals surface area contributed by atoms with E-state index >= 15 is 0 Å². The summed E-state index contributed by atoms with van der Waals surface area (Å²) in [6, 6.07) is 0.795. The minimum absolute atomic E-state index is 0.795. The van der Waals surface area contributed by atoms with Gasteiger partial charge in [-0.2, -0.15) is 0 Å². The quantitative estimate of drug-likeness (QED) is 0.755. The second-order valence-electron chi connectivity index (χ2n) is 6.35. The first-order valence-electron chi connectivity index (χ1n) is 7.92. The van der Waals surface area contributed by atoms with E-state index in [-0.39, 0.29) is 0 Å². The van der Waals surface area contributed by atoms with E-state index in [9.17, 15) is 0 Å². The fourth-order valence-electron chi connectivity index (χ4n) is 3.81. The molecule has 1 N–H and O–H groups in total. The van der Waals surface area contributed by atoms with Crippen LogP contribution in [0.2, 0.25) is 0 Å². The third-order valence-corrected chi connectivity index (χ3v) is 5.11. The van der Waals surface area contributed by atoms with Gasteiger partial charge in [-0.25, -0.2) is 0 Å². The number of ether oxygens (including phenoxy) is 1. The molecule has 0 saturated heterocycles. The molecule has 0 bridgehead atoms. The molecule has 0 aromatic heterocycles. The van der Waals surface area contributed by atoms with Gasteiger partial charge in [0.2, 0.25) is 0 Å². The van der Waals surface area contributed by atoms with E-state index in [2.05, 4.69) is 11.4 Å². The Balaban J connectivity index is 1.53. The SMILES string of the molecule is C1=C(CNC(C2CCCC2)C2CCC2)COCC1. The fraction of sp³-hybridized carbons (Fsp3) is 0.875. The van der Waals surface area contributed by atoms with Crippen molar-refractivity contribution in [2.24, 2.45) is 11.8 Å². The van der Waals surface area contributed by atoms with Gasteiger partial charge in [-0.05, 0) is 49.5 Å². The molecule has 18 heavy (non-hydrogen) atoms. The van der Waals surface area contributed by atoms with Crippen LogP contribution < -0.4 is 5.32 Å². The Morgan fingerprint density at radius 3 is 2.39 bits per heavy atom. The van der Waals surface area contributed by atoms with Crippen molar-refractivity contribution in [3.8, 4) is 0 Å². The van der Waals surface area contributed by atoms with E-state index in [1.165, 1.54) is 50.5 Å². The molecule has 0 radical (unpaired) electrons. The molecule has 0 aromatic carbocycles. The highest BCUT2D eigenvalue weighted by Gasteiger charge is 2.34. The van der Waals surface area contributed by atoms with E-state index in [0.717, 1.165) is 44.1 Å². The summed E-state index contributed by atoms with van der Waals surface area (Å²) in [4.78, 5) is 0. The summed E-state index contributed by atoms with van der Waals surface area (Å²) in [6.45, 7) is 2.84. The van der Waals surface area contributed by atoms with Crippen molar-refractivity contribution in [2.45, 2.75) is 57.4 Å². The van der Waals surface area contributed by atoms with Gasteiger partial charge in [0.15, 0.2) is 0 Å². The van der Waals surface area contributed by atoms with E-state index in [1.54, 1.807) is 0 Å². The van der Waals surface area contributed by atoms with Gasteiger partial charge in [0.05, 0.1) is 13.2 Å².